The van der Waals surface area contributed by atoms with Gasteiger partial charge in [-0.2, -0.15) is 13.2 Å². The van der Waals surface area contributed by atoms with Crippen LogP contribution in [0.15, 0.2) is 70.4 Å². The summed E-state index contributed by atoms with van der Waals surface area (Å²) < 4.78 is 84.6. The van der Waals surface area contributed by atoms with E-state index >= 15 is 0 Å². The predicted molar refractivity (Wildman–Crippen MR) is 135 cm³/mol. The summed E-state index contributed by atoms with van der Waals surface area (Å²) in [5.74, 6) is -0.864. The average molecular weight is 566 g/mol. The first-order valence-corrected chi connectivity index (χ1v) is 12.7. The molecule has 14 heteroatoms. The highest BCUT2D eigenvalue weighted by molar-refractivity contribution is 7.92. The van der Waals surface area contributed by atoms with Crippen LogP contribution in [0.2, 0.25) is 0 Å². The van der Waals surface area contributed by atoms with Gasteiger partial charge in [-0.1, -0.05) is 12.1 Å². The number of aryl methyl sites for hydroxylation is 2. The van der Waals surface area contributed by atoms with E-state index in [0.717, 1.165) is 13.2 Å². The number of nitrogens with zero attached hydrogens (tertiary/aromatic N) is 2. The van der Waals surface area contributed by atoms with Gasteiger partial charge in [0.25, 0.3) is 10.0 Å². The Kier molecular flexibility index (Phi) is 7.33. The summed E-state index contributed by atoms with van der Waals surface area (Å²) in [4.78, 5) is 24.1. The Bertz CT molecular complexity index is 1730. The number of esters is 1. The summed E-state index contributed by atoms with van der Waals surface area (Å²) in [5.41, 5.74) is 0.322. The zero-order valence-corrected chi connectivity index (χ0v) is 21.6. The molecule has 0 spiro atoms. The monoisotopic (exact) mass is 565 g/mol. The third-order valence-corrected chi connectivity index (χ3v) is 6.98. The number of imidazole rings is 1. The Balaban J connectivity index is 1.77. The fraction of sp³-hybridized carbons (Fsp3) is 0.200. The second-order valence-corrected chi connectivity index (χ2v) is 10.0. The number of sulfonamides is 1. The molecule has 3 aromatic carbocycles. The molecule has 1 aromatic heterocycles. The lowest BCUT2D eigenvalue weighted by Gasteiger charge is -2.16. The maximum atomic E-state index is 13.3. The lowest BCUT2D eigenvalue weighted by atomic mass is 10.2. The number of hydrogen-bond donors (Lipinski definition) is 1. The molecule has 0 radical (unpaired) electrons. The number of methoxy groups -OCH3 is 1. The Morgan fingerprint density at radius 2 is 1.59 bits per heavy atom. The molecule has 0 bridgehead atoms. The van der Waals surface area contributed by atoms with Crippen molar-refractivity contribution in [2.24, 2.45) is 14.1 Å². The van der Waals surface area contributed by atoms with Gasteiger partial charge >= 0.3 is 17.8 Å². The van der Waals surface area contributed by atoms with Crippen molar-refractivity contribution in [3.05, 3.63) is 76.7 Å². The molecular formula is C25H22F3N3O7S. The average Bonchev–Trinajstić information content (AvgIpc) is 3.10. The smallest absolute Gasteiger partial charge is 0.422 e. The topological polar surface area (TPSA) is 118 Å². The SMILES string of the molecule is COC(=O)c1cccc(S(=O)(=O)Nc2cc3c(cc2Oc2cccc(OCC(F)(F)F)c2)n(C)c(=O)n3C)c1. The van der Waals surface area contributed by atoms with Crippen LogP contribution >= 0.6 is 0 Å². The number of ether oxygens (including phenoxy) is 3. The van der Waals surface area contributed by atoms with Crippen molar-refractivity contribution in [1.82, 2.24) is 9.13 Å². The number of carbonyl (C=O) groups excluding carboxylic acids is 1. The second kappa shape index (κ2) is 10.4. The van der Waals surface area contributed by atoms with Gasteiger partial charge in [0.2, 0.25) is 0 Å². The quantitative estimate of drug-likeness (QED) is 0.318. The van der Waals surface area contributed by atoms with E-state index in [1.807, 2.05) is 0 Å². The van der Waals surface area contributed by atoms with Crippen LogP contribution in [0, 0.1) is 0 Å². The zero-order chi connectivity index (χ0) is 28.5. The van der Waals surface area contributed by atoms with Gasteiger partial charge in [0.1, 0.15) is 11.5 Å². The zero-order valence-electron chi connectivity index (χ0n) is 20.8. The third-order valence-electron chi connectivity index (χ3n) is 5.62. The van der Waals surface area contributed by atoms with Crippen molar-refractivity contribution in [3.63, 3.8) is 0 Å². The Morgan fingerprint density at radius 1 is 0.949 bits per heavy atom. The van der Waals surface area contributed by atoms with Crippen LogP contribution < -0.4 is 19.9 Å². The molecule has 1 N–H and O–H groups in total. The first-order chi connectivity index (χ1) is 18.3. The standard InChI is InChI=1S/C25H22F3N3O7S/c1-30-20-12-19(29-39(34,35)18-9-4-6-15(10-18)23(32)36-3)22(13-21(20)31(2)24(30)33)38-17-8-5-7-16(11-17)37-14-25(26,27)28/h4-13,29H,14H2,1-3H3. The van der Waals surface area contributed by atoms with Crippen molar-refractivity contribution in [1.29, 1.82) is 0 Å². The van der Waals surface area contributed by atoms with E-state index in [2.05, 4.69) is 9.46 Å². The van der Waals surface area contributed by atoms with E-state index in [1.165, 1.54) is 77.8 Å². The van der Waals surface area contributed by atoms with Crippen LogP contribution in [-0.4, -0.2) is 43.4 Å². The van der Waals surface area contributed by atoms with Gasteiger partial charge in [-0.15, -0.1) is 0 Å². The van der Waals surface area contributed by atoms with Crippen LogP contribution in [0.1, 0.15) is 10.4 Å². The molecule has 0 atom stereocenters. The fourth-order valence-electron chi connectivity index (χ4n) is 3.72. The number of nitrogens with one attached hydrogen (secondary N) is 1. The Hall–Kier alpha value is -4.46. The molecule has 0 aliphatic carbocycles. The van der Waals surface area contributed by atoms with Gasteiger partial charge in [0.05, 0.1) is 34.3 Å². The summed E-state index contributed by atoms with van der Waals surface area (Å²) in [6.45, 7) is -1.51. The van der Waals surface area contributed by atoms with Crippen molar-refractivity contribution < 1.29 is 40.6 Å². The van der Waals surface area contributed by atoms with E-state index < -0.39 is 28.8 Å². The number of hydrogen-bond acceptors (Lipinski definition) is 7. The molecule has 4 aromatic rings. The van der Waals surface area contributed by atoms with E-state index in [0.29, 0.717) is 11.0 Å². The number of halogens is 3. The van der Waals surface area contributed by atoms with Crippen molar-refractivity contribution in [3.8, 4) is 17.2 Å². The van der Waals surface area contributed by atoms with Gasteiger partial charge in [-0.05, 0) is 36.4 Å². The molecular weight excluding hydrogens is 543 g/mol. The maximum Gasteiger partial charge on any atom is 0.422 e. The van der Waals surface area contributed by atoms with Crippen LogP contribution in [0.25, 0.3) is 11.0 Å². The number of alkyl halides is 3. The minimum Gasteiger partial charge on any atom is -0.484 e. The minimum absolute atomic E-state index is 0.00780. The highest BCUT2D eigenvalue weighted by Crippen LogP contribution is 2.36. The first kappa shape index (κ1) is 27.6. The maximum absolute atomic E-state index is 13.3. The summed E-state index contributed by atoms with van der Waals surface area (Å²) in [5, 5.41) is 0. The molecule has 0 saturated carbocycles. The number of rotatable bonds is 8. The van der Waals surface area contributed by atoms with Crippen LogP contribution in [-0.2, 0) is 28.9 Å². The number of fused-ring (bicyclic) bond motifs is 1. The largest absolute Gasteiger partial charge is 0.484 e. The van der Waals surface area contributed by atoms with Crippen molar-refractivity contribution in [2.75, 3.05) is 18.4 Å². The molecule has 0 aliphatic heterocycles. The summed E-state index contributed by atoms with van der Waals surface area (Å²) >= 11 is 0. The third kappa shape index (κ3) is 6.00. The summed E-state index contributed by atoms with van der Waals surface area (Å²) in [6, 6.07) is 13.3. The highest BCUT2D eigenvalue weighted by Gasteiger charge is 2.28. The highest BCUT2D eigenvalue weighted by atomic mass is 32.2. The van der Waals surface area contributed by atoms with Gasteiger partial charge in [-0.3, -0.25) is 13.9 Å². The Labute approximate surface area is 220 Å². The molecule has 10 nitrogen and oxygen atoms in total. The van der Waals surface area contributed by atoms with E-state index in [1.54, 1.807) is 0 Å². The predicted octanol–water partition coefficient (Wildman–Crippen LogP) is 4.20. The molecule has 206 valence electrons. The molecule has 0 unspecified atom stereocenters. The van der Waals surface area contributed by atoms with E-state index in [4.69, 9.17) is 9.47 Å². The molecule has 0 fully saturated rings. The lowest BCUT2D eigenvalue weighted by Crippen LogP contribution is -2.19. The number of carbonyl (C=O) groups is 1. The van der Waals surface area contributed by atoms with Gasteiger partial charge in [-0.25, -0.2) is 18.0 Å². The summed E-state index contributed by atoms with van der Waals surface area (Å²) in [7, 11) is -0.111. The van der Waals surface area contributed by atoms with Crippen molar-refractivity contribution in [2.45, 2.75) is 11.1 Å². The lowest BCUT2D eigenvalue weighted by molar-refractivity contribution is -0.153. The Morgan fingerprint density at radius 3 is 2.26 bits per heavy atom. The molecule has 1 heterocycles. The molecule has 0 amide bonds. The van der Waals surface area contributed by atoms with Gasteiger partial charge in [0, 0.05) is 26.2 Å². The van der Waals surface area contributed by atoms with E-state index in [9.17, 15) is 31.2 Å². The van der Waals surface area contributed by atoms with Gasteiger partial charge in [0.15, 0.2) is 12.4 Å². The van der Waals surface area contributed by atoms with Crippen LogP contribution in [0.3, 0.4) is 0 Å². The molecule has 0 saturated heterocycles. The van der Waals surface area contributed by atoms with Crippen LogP contribution in [0.4, 0.5) is 18.9 Å². The normalized spacial score (nSPS) is 11.8. The fourth-order valence-corrected chi connectivity index (χ4v) is 4.83. The first-order valence-electron chi connectivity index (χ1n) is 11.2. The number of aromatic nitrogens is 2. The molecule has 39 heavy (non-hydrogen) atoms. The molecule has 4 rings (SSSR count). The van der Waals surface area contributed by atoms with Gasteiger partial charge < -0.3 is 14.2 Å². The van der Waals surface area contributed by atoms with Crippen molar-refractivity contribution >= 4 is 32.7 Å². The van der Waals surface area contributed by atoms with E-state index in [-0.39, 0.29) is 39.1 Å². The van der Waals surface area contributed by atoms with Crippen LogP contribution in [0.5, 0.6) is 17.2 Å². The number of anilines is 1. The summed E-state index contributed by atoms with van der Waals surface area (Å²) in [6.07, 6.45) is -4.55. The minimum atomic E-state index is -4.55. The molecule has 0 aliphatic rings. The number of benzene rings is 3. The second-order valence-electron chi connectivity index (χ2n) is 8.34.